The molecule has 1 aromatic rings. The van der Waals surface area contributed by atoms with Crippen LogP contribution in [-0.2, 0) is 10.7 Å². The maximum Gasteiger partial charge on any atom is 0.158 e. The van der Waals surface area contributed by atoms with Gasteiger partial charge in [0, 0.05) is 12.4 Å². The molecule has 0 fully saturated rings. The standard InChI is InChI=1S/C8H12N2O3S/c1-5-3-9-8(10-4-5)7(11)6(2)14(12)13/h3-4,6-7,11,14H,1-2H3/t6-,7+/m1/s1. The predicted molar refractivity (Wildman–Crippen MR) is 51.5 cm³/mol. The van der Waals surface area contributed by atoms with Crippen LogP contribution >= 0.6 is 0 Å². The van der Waals surface area contributed by atoms with Crippen molar-refractivity contribution in [2.75, 3.05) is 0 Å². The summed E-state index contributed by atoms with van der Waals surface area (Å²) >= 11 is 0. The van der Waals surface area contributed by atoms with E-state index in [0.717, 1.165) is 5.56 Å². The van der Waals surface area contributed by atoms with Gasteiger partial charge in [0.15, 0.2) is 5.82 Å². The Bertz CT molecular complexity index is 367. The number of aliphatic hydroxyl groups is 1. The average molecular weight is 216 g/mol. The maximum atomic E-state index is 10.6. The van der Waals surface area contributed by atoms with Crippen molar-refractivity contribution in [2.45, 2.75) is 25.2 Å². The van der Waals surface area contributed by atoms with E-state index in [0.29, 0.717) is 0 Å². The number of nitrogens with zero attached hydrogens (tertiary/aromatic N) is 2. The molecule has 0 spiro atoms. The number of hydrogen-bond donors (Lipinski definition) is 2. The molecule has 5 nitrogen and oxygen atoms in total. The summed E-state index contributed by atoms with van der Waals surface area (Å²) in [6.45, 7) is 3.23. The van der Waals surface area contributed by atoms with Crippen molar-refractivity contribution in [3.8, 4) is 0 Å². The molecule has 0 saturated heterocycles. The van der Waals surface area contributed by atoms with Crippen molar-refractivity contribution in [2.24, 2.45) is 0 Å². The Kier molecular flexibility index (Phi) is 3.54. The summed E-state index contributed by atoms with van der Waals surface area (Å²) in [6.07, 6.45) is 1.92. The van der Waals surface area contributed by atoms with Gasteiger partial charge in [0.2, 0.25) is 0 Å². The van der Waals surface area contributed by atoms with E-state index >= 15 is 0 Å². The van der Waals surface area contributed by atoms with Crippen LogP contribution in [0.4, 0.5) is 0 Å². The van der Waals surface area contributed by atoms with Gasteiger partial charge < -0.3 is 5.11 Å². The van der Waals surface area contributed by atoms with Gasteiger partial charge in [0.05, 0.1) is 5.25 Å². The fourth-order valence-corrected chi connectivity index (χ4v) is 1.25. The molecule has 14 heavy (non-hydrogen) atoms. The molecule has 1 aromatic heterocycles. The minimum absolute atomic E-state index is 0.141. The third kappa shape index (κ3) is 2.49. The number of aryl methyl sites for hydroxylation is 1. The minimum Gasteiger partial charge on any atom is -0.384 e. The van der Waals surface area contributed by atoms with E-state index in [9.17, 15) is 13.5 Å². The first kappa shape index (κ1) is 11.1. The third-order valence-electron chi connectivity index (χ3n) is 1.85. The molecule has 1 heterocycles. The van der Waals surface area contributed by atoms with Crippen LogP contribution in [0.5, 0.6) is 0 Å². The quantitative estimate of drug-likeness (QED) is 0.685. The van der Waals surface area contributed by atoms with Gasteiger partial charge in [-0.15, -0.1) is 0 Å². The molecule has 0 unspecified atom stereocenters. The van der Waals surface area contributed by atoms with Crippen LogP contribution in [0.2, 0.25) is 0 Å². The largest absolute Gasteiger partial charge is 0.384 e. The first-order valence-electron chi connectivity index (χ1n) is 4.12. The Morgan fingerprint density at radius 1 is 1.36 bits per heavy atom. The van der Waals surface area contributed by atoms with E-state index in [4.69, 9.17) is 0 Å². The summed E-state index contributed by atoms with van der Waals surface area (Å²) in [4.78, 5) is 7.71. The number of rotatable bonds is 3. The Hall–Kier alpha value is -1.01. The lowest BCUT2D eigenvalue weighted by Crippen LogP contribution is -2.18. The number of aromatic nitrogens is 2. The third-order valence-corrected chi connectivity index (χ3v) is 2.80. The Balaban J connectivity index is 2.89. The maximum absolute atomic E-state index is 10.6. The summed E-state index contributed by atoms with van der Waals surface area (Å²) in [6, 6.07) is 0. The van der Waals surface area contributed by atoms with E-state index in [-0.39, 0.29) is 5.82 Å². The fourth-order valence-electron chi connectivity index (χ4n) is 0.886. The second-order valence-electron chi connectivity index (χ2n) is 3.09. The van der Waals surface area contributed by atoms with Crippen molar-refractivity contribution in [3.05, 3.63) is 23.8 Å². The van der Waals surface area contributed by atoms with Crippen molar-refractivity contribution in [1.29, 1.82) is 0 Å². The van der Waals surface area contributed by atoms with Crippen LogP contribution in [-0.4, -0.2) is 28.7 Å². The van der Waals surface area contributed by atoms with Gasteiger partial charge in [-0.25, -0.2) is 18.4 Å². The number of hydrogen-bond acceptors (Lipinski definition) is 5. The topological polar surface area (TPSA) is 80.2 Å². The van der Waals surface area contributed by atoms with Crippen LogP contribution in [0.25, 0.3) is 0 Å². The molecule has 0 aliphatic rings. The molecule has 0 aliphatic carbocycles. The zero-order valence-corrected chi connectivity index (χ0v) is 8.81. The van der Waals surface area contributed by atoms with Crippen molar-refractivity contribution >= 4 is 10.7 Å². The van der Waals surface area contributed by atoms with Crippen LogP contribution in [0.3, 0.4) is 0 Å². The van der Waals surface area contributed by atoms with E-state index < -0.39 is 22.1 Å². The highest BCUT2D eigenvalue weighted by Gasteiger charge is 2.20. The van der Waals surface area contributed by atoms with Crippen LogP contribution in [0, 0.1) is 6.92 Å². The van der Waals surface area contributed by atoms with Gasteiger partial charge in [-0.2, -0.15) is 0 Å². The van der Waals surface area contributed by atoms with E-state index in [2.05, 4.69) is 9.97 Å². The number of aliphatic hydroxyl groups excluding tert-OH is 1. The zero-order valence-electron chi connectivity index (χ0n) is 7.91. The molecule has 78 valence electrons. The molecule has 6 heteroatoms. The molecule has 0 aliphatic heterocycles. The van der Waals surface area contributed by atoms with Crippen molar-refractivity contribution in [1.82, 2.24) is 9.97 Å². The first-order chi connectivity index (χ1) is 6.52. The highest BCUT2D eigenvalue weighted by molar-refractivity contribution is 7.73. The minimum atomic E-state index is -2.66. The second-order valence-corrected chi connectivity index (χ2v) is 4.47. The van der Waals surface area contributed by atoms with Gasteiger partial charge in [0.25, 0.3) is 0 Å². The summed E-state index contributed by atoms with van der Waals surface area (Å²) < 4.78 is 21.2. The number of thiol groups is 1. The molecule has 0 amide bonds. The molecule has 1 N–H and O–H groups in total. The summed E-state index contributed by atoms with van der Waals surface area (Å²) in [7, 11) is -2.66. The van der Waals surface area contributed by atoms with Crippen molar-refractivity contribution < 1.29 is 13.5 Å². The monoisotopic (exact) mass is 216 g/mol. The van der Waals surface area contributed by atoms with E-state index in [1.807, 2.05) is 6.92 Å². The van der Waals surface area contributed by atoms with Crippen LogP contribution in [0.15, 0.2) is 12.4 Å². The van der Waals surface area contributed by atoms with E-state index in [1.165, 1.54) is 19.3 Å². The van der Waals surface area contributed by atoms with Gasteiger partial charge in [0.1, 0.15) is 16.8 Å². The van der Waals surface area contributed by atoms with Crippen LogP contribution < -0.4 is 0 Å². The molecule has 0 aromatic carbocycles. The molecular weight excluding hydrogens is 204 g/mol. The molecule has 0 radical (unpaired) electrons. The zero-order chi connectivity index (χ0) is 10.7. The molecule has 0 saturated carbocycles. The van der Waals surface area contributed by atoms with Gasteiger partial charge in [-0.3, -0.25) is 0 Å². The Morgan fingerprint density at radius 2 is 1.86 bits per heavy atom. The normalized spacial score (nSPS) is 15.4. The van der Waals surface area contributed by atoms with E-state index in [1.54, 1.807) is 0 Å². The lowest BCUT2D eigenvalue weighted by atomic mass is 10.2. The predicted octanol–water partition coefficient (Wildman–Crippen LogP) is -0.182. The van der Waals surface area contributed by atoms with Crippen LogP contribution in [0.1, 0.15) is 24.4 Å². The summed E-state index contributed by atoms with van der Waals surface area (Å²) in [5.41, 5.74) is 0.861. The lowest BCUT2D eigenvalue weighted by molar-refractivity contribution is 0.167. The Labute approximate surface area is 83.8 Å². The molecule has 0 bridgehead atoms. The first-order valence-corrected chi connectivity index (χ1v) is 5.37. The highest BCUT2D eigenvalue weighted by Crippen LogP contribution is 2.13. The van der Waals surface area contributed by atoms with Gasteiger partial charge in [-0.1, -0.05) is 0 Å². The average Bonchev–Trinajstić information content (AvgIpc) is 2.16. The van der Waals surface area contributed by atoms with Crippen molar-refractivity contribution in [3.63, 3.8) is 0 Å². The SMILES string of the molecule is Cc1cnc([C@@H](O)[C@@H](C)[SH](=O)=O)nc1. The van der Waals surface area contributed by atoms with Gasteiger partial charge >= 0.3 is 0 Å². The summed E-state index contributed by atoms with van der Waals surface area (Å²) in [5.74, 6) is 0.141. The molecule has 2 atom stereocenters. The van der Waals surface area contributed by atoms with Gasteiger partial charge in [-0.05, 0) is 19.4 Å². The fraction of sp³-hybridized carbons (Fsp3) is 0.500. The summed E-state index contributed by atoms with van der Waals surface area (Å²) in [5, 5.41) is 8.67. The Morgan fingerprint density at radius 3 is 2.29 bits per heavy atom. The second kappa shape index (κ2) is 4.47. The molecule has 1 rings (SSSR count). The smallest absolute Gasteiger partial charge is 0.158 e. The molecular formula is C8H12N2O3S. The lowest BCUT2D eigenvalue weighted by Gasteiger charge is -2.11. The highest BCUT2D eigenvalue weighted by atomic mass is 32.2.